The lowest BCUT2D eigenvalue weighted by molar-refractivity contribution is 0.912. The average molecular weight is 293 g/mol. The van der Waals surface area contributed by atoms with Gasteiger partial charge in [-0.15, -0.1) is 0 Å². The van der Waals surface area contributed by atoms with Gasteiger partial charge in [-0.05, 0) is 46.6 Å². The molecule has 0 unspecified atom stereocenters. The third kappa shape index (κ3) is 3.01. The van der Waals surface area contributed by atoms with Crippen molar-refractivity contribution in [2.75, 3.05) is 5.32 Å². The van der Waals surface area contributed by atoms with E-state index in [1.807, 2.05) is 31.2 Å². The van der Waals surface area contributed by atoms with Crippen molar-refractivity contribution in [2.45, 2.75) is 13.5 Å². The molecule has 0 aliphatic heterocycles. The maximum Gasteiger partial charge on any atom is 0.144 e. The molecule has 2 rings (SSSR count). The van der Waals surface area contributed by atoms with Crippen LogP contribution in [0.2, 0.25) is 0 Å². The van der Waals surface area contributed by atoms with Gasteiger partial charge in [0.25, 0.3) is 0 Å². The van der Waals surface area contributed by atoms with Crippen molar-refractivity contribution >= 4 is 27.4 Å². The van der Waals surface area contributed by atoms with E-state index >= 15 is 0 Å². The van der Waals surface area contributed by atoms with Crippen molar-refractivity contribution in [1.29, 1.82) is 0 Å². The number of nitrogens with two attached hydrogens (primary N) is 1. The number of anilines is 2. The van der Waals surface area contributed by atoms with Gasteiger partial charge in [0.2, 0.25) is 0 Å². The van der Waals surface area contributed by atoms with Gasteiger partial charge < -0.3 is 11.1 Å². The number of hydrogen-bond donors (Lipinski definition) is 2. The first-order chi connectivity index (χ1) is 8.19. The highest BCUT2D eigenvalue weighted by molar-refractivity contribution is 9.10. The number of aromatic nitrogens is 2. The minimum absolute atomic E-state index is 0.338. The van der Waals surface area contributed by atoms with E-state index in [9.17, 15) is 0 Å². The van der Waals surface area contributed by atoms with Crippen LogP contribution in [0, 0.1) is 6.92 Å². The second-order valence-electron chi connectivity index (χ2n) is 3.67. The molecule has 0 saturated heterocycles. The number of rotatable bonds is 3. The van der Waals surface area contributed by atoms with Gasteiger partial charge in [0.15, 0.2) is 0 Å². The van der Waals surface area contributed by atoms with Gasteiger partial charge in [-0.1, -0.05) is 6.07 Å². The van der Waals surface area contributed by atoms with Crippen molar-refractivity contribution in [3.8, 4) is 0 Å². The molecule has 0 spiro atoms. The lowest BCUT2D eigenvalue weighted by atomic mass is 10.2. The zero-order valence-corrected chi connectivity index (χ0v) is 11.0. The summed E-state index contributed by atoms with van der Waals surface area (Å²) in [5, 5.41) is 3.22. The van der Waals surface area contributed by atoms with E-state index in [1.165, 1.54) is 5.56 Å². The fourth-order valence-electron chi connectivity index (χ4n) is 1.43. The standard InChI is InChI=1S/C12H13BrN4/c1-8-2-3-10(9(13)6-8)16-11-4-5-15-12(7-14)17-11/h2-6H,7,14H2,1H3,(H,15,16,17). The van der Waals surface area contributed by atoms with Crippen LogP contribution in [0.1, 0.15) is 11.4 Å². The van der Waals surface area contributed by atoms with Gasteiger partial charge in [-0.3, -0.25) is 0 Å². The Hall–Kier alpha value is -1.46. The Bertz CT molecular complexity index is 528. The lowest BCUT2D eigenvalue weighted by Crippen LogP contribution is -2.04. The quantitative estimate of drug-likeness (QED) is 0.913. The Labute approximate surface area is 108 Å². The van der Waals surface area contributed by atoms with Crippen LogP contribution < -0.4 is 11.1 Å². The highest BCUT2D eigenvalue weighted by Crippen LogP contribution is 2.25. The van der Waals surface area contributed by atoms with Crippen LogP contribution in [0.4, 0.5) is 11.5 Å². The molecule has 88 valence electrons. The van der Waals surface area contributed by atoms with Crippen molar-refractivity contribution in [2.24, 2.45) is 5.73 Å². The highest BCUT2D eigenvalue weighted by atomic mass is 79.9. The predicted octanol–water partition coefficient (Wildman–Crippen LogP) is 2.75. The Morgan fingerprint density at radius 3 is 2.88 bits per heavy atom. The summed E-state index contributed by atoms with van der Waals surface area (Å²) in [4.78, 5) is 8.33. The van der Waals surface area contributed by atoms with E-state index in [4.69, 9.17) is 5.73 Å². The number of benzene rings is 1. The lowest BCUT2D eigenvalue weighted by Gasteiger charge is -2.08. The Kier molecular flexibility index (Phi) is 3.71. The molecular weight excluding hydrogens is 280 g/mol. The molecule has 3 N–H and O–H groups in total. The van der Waals surface area contributed by atoms with E-state index in [0.29, 0.717) is 12.4 Å². The highest BCUT2D eigenvalue weighted by Gasteiger charge is 2.02. The Morgan fingerprint density at radius 1 is 1.35 bits per heavy atom. The monoisotopic (exact) mass is 292 g/mol. The number of nitrogens with one attached hydrogen (secondary N) is 1. The van der Waals surface area contributed by atoms with Crippen LogP contribution in [-0.4, -0.2) is 9.97 Å². The molecule has 2 aromatic rings. The molecule has 0 aliphatic rings. The van der Waals surface area contributed by atoms with Crippen molar-refractivity contribution in [3.63, 3.8) is 0 Å². The minimum atomic E-state index is 0.338. The second-order valence-corrected chi connectivity index (χ2v) is 4.52. The van der Waals surface area contributed by atoms with Crippen molar-refractivity contribution in [1.82, 2.24) is 9.97 Å². The van der Waals surface area contributed by atoms with E-state index in [2.05, 4.69) is 31.2 Å². The molecule has 4 nitrogen and oxygen atoms in total. The molecule has 0 saturated carbocycles. The van der Waals surface area contributed by atoms with E-state index < -0.39 is 0 Å². The summed E-state index contributed by atoms with van der Waals surface area (Å²) in [5.74, 6) is 1.36. The first-order valence-corrected chi connectivity index (χ1v) is 6.03. The third-order valence-electron chi connectivity index (χ3n) is 2.28. The molecule has 0 radical (unpaired) electrons. The van der Waals surface area contributed by atoms with E-state index in [0.717, 1.165) is 16.0 Å². The number of nitrogens with zero attached hydrogens (tertiary/aromatic N) is 2. The van der Waals surface area contributed by atoms with Gasteiger partial charge in [-0.25, -0.2) is 9.97 Å². The van der Waals surface area contributed by atoms with Gasteiger partial charge in [-0.2, -0.15) is 0 Å². The number of hydrogen-bond acceptors (Lipinski definition) is 4. The maximum atomic E-state index is 5.50. The van der Waals surface area contributed by atoms with Crippen LogP contribution >= 0.6 is 15.9 Å². The molecule has 0 amide bonds. The summed E-state index contributed by atoms with van der Waals surface area (Å²) in [5.41, 5.74) is 7.67. The number of aryl methyl sites for hydroxylation is 1. The van der Waals surface area contributed by atoms with Crippen molar-refractivity contribution in [3.05, 3.63) is 46.3 Å². The summed E-state index contributed by atoms with van der Waals surface area (Å²) in [6.07, 6.45) is 1.69. The molecule has 0 bridgehead atoms. The Morgan fingerprint density at radius 2 is 2.18 bits per heavy atom. The molecule has 17 heavy (non-hydrogen) atoms. The summed E-state index contributed by atoms with van der Waals surface area (Å²) in [6, 6.07) is 7.90. The third-order valence-corrected chi connectivity index (χ3v) is 2.93. The zero-order valence-electron chi connectivity index (χ0n) is 9.44. The maximum absolute atomic E-state index is 5.50. The fourth-order valence-corrected chi connectivity index (χ4v) is 2.02. The molecule has 5 heteroatoms. The molecular formula is C12H13BrN4. The largest absolute Gasteiger partial charge is 0.339 e. The van der Waals surface area contributed by atoms with Gasteiger partial charge >= 0.3 is 0 Å². The molecule has 1 aromatic carbocycles. The van der Waals surface area contributed by atoms with Gasteiger partial charge in [0.05, 0.1) is 12.2 Å². The molecule has 1 aromatic heterocycles. The minimum Gasteiger partial charge on any atom is -0.339 e. The van der Waals surface area contributed by atoms with Crippen LogP contribution in [0.5, 0.6) is 0 Å². The molecule has 1 heterocycles. The summed E-state index contributed by atoms with van der Waals surface area (Å²) in [6.45, 7) is 2.39. The van der Waals surface area contributed by atoms with Crippen LogP contribution in [0.15, 0.2) is 34.9 Å². The molecule has 0 fully saturated rings. The predicted molar refractivity (Wildman–Crippen MR) is 72.1 cm³/mol. The van der Waals surface area contributed by atoms with Gasteiger partial charge in [0.1, 0.15) is 11.6 Å². The zero-order chi connectivity index (χ0) is 12.3. The van der Waals surface area contributed by atoms with Crippen molar-refractivity contribution < 1.29 is 0 Å². The van der Waals surface area contributed by atoms with Crippen LogP contribution in [0.25, 0.3) is 0 Å². The van der Waals surface area contributed by atoms with E-state index in [-0.39, 0.29) is 0 Å². The summed E-state index contributed by atoms with van der Waals surface area (Å²) in [7, 11) is 0. The fraction of sp³-hybridized carbons (Fsp3) is 0.167. The van der Waals surface area contributed by atoms with E-state index in [1.54, 1.807) is 6.20 Å². The SMILES string of the molecule is Cc1ccc(Nc2ccnc(CN)n2)c(Br)c1. The topological polar surface area (TPSA) is 63.8 Å². The molecule has 0 atom stereocenters. The number of halogens is 1. The first-order valence-electron chi connectivity index (χ1n) is 5.24. The summed E-state index contributed by atoms with van der Waals surface area (Å²) < 4.78 is 1.01. The average Bonchev–Trinajstić information content (AvgIpc) is 2.33. The normalized spacial score (nSPS) is 10.3. The van der Waals surface area contributed by atoms with Crippen LogP contribution in [0.3, 0.4) is 0 Å². The first kappa shape index (κ1) is 12.0. The Balaban J connectivity index is 2.25. The van der Waals surface area contributed by atoms with Gasteiger partial charge in [0, 0.05) is 10.7 Å². The smallest absolute Gasteiger partial charge is 0.144 e. The summed E-state index contributed by atoms with van der Waals surface area (Å²) >= 11 is 3.51. The second kappa shape index (κ2) is 5.25. The van der Waals surface area contributed by atoms with Crippen LogP contribution in [-0.2, 0) is 6.54 Å². The molecule has 0 aliphatic carbocycles.